The molecule has 3 heteroatoms. The van der Waals surface area contributed by atoms with Crippen molar-refractivity contribution in [2.45, 2.75) is 63.5 Å². The second kappa shape index (κ2) is 6.55. The van der Waals surface area contributed by atoms with Gasteiger partial charge >= 0.3 is 0 Å². The van der Waals surface area contributed by atoms with Crippen molar-refractivity contribution in [1.82, 2.24) is 9.80 Å². The maximum Gasteiger partial charge on any atom is 0.0335 e. The van der Waals surface area contributed by atoms with Crippen LogP contribution in [0.25, 0.3) is 0 Å². The summed E-state index contributed by atoms with van der Waals surface area (Å²) in [5.74, 6) is 0.900. The molecule has 0 spiro atoms. The molecule has 112 valence electrons. The van der Waals surface area contributed by atoms with Gasteiger partial charge < -0.3 is 10.6 Å². The summed E-state index contributed by atoms with van der Waals surface area (Å²) in [7, 11) is 4.44. The molecule has 0 amide bonds. The van der Waals surface area contributed by atoms with Crippen molar-refractivity contribution < 1.29 is 0 Å². The van der Waals surface area contributed by atoms with Gasteiger partial charge in [0.1, 0.15) is 0 Å². The summed E-state index contributed by atoms with van der Waals surface area (Å²) in [6, 6.07) is 0.721. The van der Waals surface area contributed by atoms with Crippen LogP contribution in [0.5, 0.6) is 0 Å². The maximum atomic E-state index is 6.25. The molecule has 1 saturated carbocycles. The predicted octanol–water partition coefficient (Wildman–Crippen LogP) is 2.31. The molecule has 19 heavy (non-hydrogen) atoms. The van der Waals surface area contributed by atoms with Crippen LogP contribution < -0.4 is 5.73 Å². The van der Waals surface area contributed by atoms with Crippen LogP contribution in [-0.2, 0) is 0 Å². The van der Waals surface area contributed by atoms with Gasteiger partial charge in [-0.25, -0.2) is 0 Å². The molecule has 2 aliphatic rings. The Morgan fingerprint density at radius 1 is 1.26 bits per heavy atom. The lowest BCUT2D eigenvalue weighted by atomic mass is 9.73. The minimum absolute atomic E-state index is 0.313. The van der Waals surface area contributed by atoms with E-state index in [-0.39, 0.29) is 0 Å². The van der Waals surface area contributed by atoms with Crippen molar-refractivity contribution in [1.29, 1.82) is 0 Å². The molecule has 3 atom stereocenters. The van der Waals surface area contributed by atoms with Gasteiger partial charge in [0.2, 0.25) is 0 Å². The van der Waals surface area contributed by atoms with Crippen molar-refractivity contribution >= 4 is 0 Å². The van der Waals surface area contributed by atoms with Gasteiger partial charge in [-0.15, -0.1) is 0 Å². The smallest absolute Gasteiger partial charge is 0.0335 e. The highest BCUT2D eigenvalue weighted by Crippen LogP contribution is 2.39. The zero-order chi connectivity index (χ0) is 13.9. The molecule has 1 aliphatic carbocycles. The van der Waals surface area contributed by atoms with E-state index >= 15 is 0 Å². The van der Waals surface area contributed by atoms with Crippen LogP contribution in [0.4, 0.5) is 0 Å². The third-order valence-electron chi connectivity index (χ3n) is 5.68. The average molecular weight is 267 g/mol. The molecule has 3 unspecified atom stereocenters. The Balaban J connectivity index is 2.07. The molecule has 1 aliphatic heterocycles. The van der Waals surface area contributed by atoms with Gasteiger partial charge in [-0.1, -0.05) is 26.2 Å². The first-order chi connectivity index (χ1) is 9.11. The van der Waals surface area contributed by atoms with E-state index in [0.29, 0.717) is 5.54 Å². The highest BCUT2D eigenvalue weighted by molar-refractivity contribution is 4.99. The molecule has 1 saturated heterocycles. The first kappa shape index (κ1) is 15.3. The molecular formula is C16H33N3. The summed E-state index contributed by atoms with van der Waals surface area (Å²) >= 11 is 0. The molecular weight excluding hydrogens is 234 g/mol. The summed E-state index contributed by atoms with van der Waals surface area (Å²) in [4.78, 5) is 5.15. The zero-order valence-electron chi connectivity index (χ0n) is 13.2. The normalized spacial score (nSPS) is 37.7. The van der Waals surface area contributed by atoms with Crippen molar-refractivity contribution in [2.75, 3.05) is 33.7 Å². The second-order valence-corrected chi connectivity index (χ2v) is 7.00. The molecule has 2 fully saturated rings. The molecule has 3 nitrogen and oxygen atoms in total. The van der Waals surface area contributed by atoms with Crippen LogP contribution >= 0.6 is 0 Å². The van der Waals surface area contributed by atoms with Crippen molar-refractivity contribution in [3.63, 3.8) is 0 Å². The lowest BCUT2D eigenvalue weighted by Crippen LogP contribution is -2.61. The Hall–Kier alpha value is -0.120. The maximum absolute atomic E-state index is 6.25. The Labute approximate surface area is 119 Å². The largest absolute Gasteiger partial charge is 0.329 e. The number of likely N-dealkylation sites (N-methyl/N-ethyl adjacent to an activating group) is 1. The standard InChI is InChI=1S/C16H33N3/c1-4-14-7-5-9-16(11-14,13-17)19-10-6-8-15(12-19)18(2)3/h14-15H,4-13,17H2,1-3H3. The number of nitrogens with two attached hydrogens (primary N) is 1. The van der Waals surface area contributed by atoms with Gasteiger partial charge in [-0.2, -0.15) is 0 Å². The molecule has 0 radical (unpaired) electrons. The highest BCUT2D eigenvalue weighted by atomic mass is 15.3. The van der Waals surface area contributed by atoms with E-state index in [1.165, 1.54) is 58.0 Å². The van der Waals surface area contributed by atoms with Gasteiger partial charge in [0, 0.05) is 24.7 Å². The van der Waals surface area contributed by atoms with E-state index in [9.17, 15) is 0 Å². The number of hydrogen-bond acceptors (Lipinski definition) is 3. The summed E-state index contributed by atoms with van der Waals surface area (Å²) in [5, 5.41) is 0. The summed E-state index contributed by atoms with van der Waals surface area (Å²) < 4.78 is 0. The SMILES string of the molecule is CCC1CCCC(CN)(N2CCCC(N(C)C)C2)C1. The van der Waals surface area contributed by atoms with E-state index in [0.717, 1.165) is 18.5 Å². The van der Waals surface area contributed by atoms with E-state index < -0.39 is 0 Å². The van der Waals surface area contributed by atoms with Crippen LogP contribution in [0.3, 0.4) is 0 Å². The third-order valence-corrected chi connectivity index (χ3v) is 5.68. The quantitative estimate of drug-likeness (QED) is 0.848. The van der Waals surface area contributed by atoms with Crippen LogP contribution in [0.15, 0.2) is 0 Å². The lowest BCUT2D eigenvalue weighted by molar-refractivity contribution is -0.00303. The van der Waals surface area contributed by atoms with E-state index in [1.807, 2.05) is 0 Å². The number of hydrogen-bond donors (Lipinski definition) is 1. The molecule has 2 N–H and O–H groups in total. The second-order valence-electron chi connectivity index (χ2n) is 7.00. The molecule has 2 rings (SSSR count). The molecule has 1 heterocycles. The predicted molar refractivity (Wildman–Crippen MR) is 82.3 cm³/mol. The van der Waals surface area contributed by atoms with Crippen LogP contribution in [0.1, 0.15) is 51.9 Å². The van der Waals surface area contributed by atoms with Crippen LogP contribution in [-0.4, -0.2) is 55.1 Å². The monoisotopic (exact) mass is 267 g/mol. The van der Waals surface area contributed by atoms with Gasteiger partial charge in [-0.05, 0) is 52.2 Å². The van der Waals surface area contributed by atoms with E-state index in [2.05, 4.69) is 30.8 Å². The summed E-state index contributed by atoms with van der Waals surface area (Å²) in [5.41, 5.74) is 6.57. The summed E-state index contributed by atoms with van der Waals surface area (Å²) in [6.45, 7) is 5.68. The summed E-state index contributed by atoms with van der Waals surface area (Å²) in [6.07, 6.45) is 9.46. The number of nitrogens with zero attached hydrogens (tertiary/aromatic N) is 2. The minimum atomic E-state index is 0.313. The third kappa shape index (κ3) is 3.32. The number of likely N-dealkylation sites (tertiary alicyclic amines) is 1. The first-order valence-electron chi connectivity index (χ1n) is 8.23. The Morgan fingerprint density at radius 2 is 2.05 bits per heavy atom. The fourth-order valence-electron chi connectivity index (χ4n) is 4.22. The number of piperidine rings is 1. The average Bonchev–Trinajstić information content (AvgIpc) is 2.47. The van der Waals surface area contributed by atoms with Gasteiger partial charge in [-0.3, -0.25) is 4.90 Å². The van der Waals surface area contributed by atoms with Crippen molar-refractivity contribution in [3.05, 3.63) is 0 Å². The lowest BCUT2D eigenvalue weighted by Gasteiger charge is -2.51. The molecule has 0 aromatic carbocycles. The minimum Gasteiger partial charge on any atom is -0.329 e. The zero-order valence-corrected chi connectivity index (χ0v) is 13.2. The molecule has 0 aromatic heterocycles. The fraction of sp³-hybridized carbons (Fsp3) is 1.00. The van der Waals surface area contributed by atoms with Crippen molar-refractivity contribution in [3.8, 4) is 0 Å². The van der Waals surface area contributed by atoms with Crippen molar-refractivity contribution in [2.24, 2.45) is 11.7 Å². The Bertz CT molecular complexity index is 279. The first-order valence-corrected chi connectivity index (χ1v) is 8.23. The molecule has 0 bridgehead atoms. The van der Waals surface area contributed by atoms with Crippen LogP contribution in [0.2, 0.25) is 0 Å². The van der Waals surface area contributed by atoms with Crippen LogP contribution in [0, 0.1) is 5.92 Å². The molecule has 0 aromatic rings. The Kier molecular flexibility index (Phi) is 5.27. The fourth-order valence-corrected chi connectivity index (χ4v) is 4.22. The van der Waals surface area contributed by atoms with Gasteiger partial charge in [0.05, 0.1) is 0 Å². The highest BCUT2D eigenvalue weighted by Gasteiger charge is 2.41. The topological polar surface area (TPSA) is 32.5 Å². The number of rotatable bonds is 4. The van der Waals surface area contributed by atoms with E-state index in [4.69, 9.17) is 5.73 Å². The Morgan fingerprint density at radius 3 is 2.68 bits per heavy atom. The van der Waals surface area contributed by atoms with E-state index in [1.54, 1.807) is 0 Å². The van der Waals surface area contributed by atoms with Gasteiger partial charge in [0.25, 0.3) is 0 Å². The van der Waals surface area contributed by atoms with Gasteiger partial charge in [0.15, 0.2) is 0 Å².